The summed E-state index contributed by atoms with van der Waals surface area (Å²) in [6.45, 7) is 9.93. The van der Waals surface area contributed by atoms with Crippen LogP contribution in [0.25, 0.3) is 0 Å². The van der Waals surface area contributed by atoms with Crippen LogP contribution >= 0.6 is 0 Å². The maximum absolute atomic E-state index is 12.4. The van der Waals surface area contributed by atoms with Gasteiger partial charge in [0.2, 0.25) is 0 Å². The SMILES string of the molecule is C=CCC(CC=C)C(=O)C(=C)F. The van der Waals surface area contributed by atoms with Gasteiger partial charge in [0, 0.05) is 5.92 Å². The summed E-state index contributed by atoms with van der Waals surface area (Å²) in [5.41, 5.74) is 0. The molecule has 0 radical (unpaired) electrons. The van der Waals surface area contributed by atoms with Gasteiger partial charge in [0.15, 0.2) is 11.6 Å². The summed E-state index contributed by atoms with van der Waals surface area (Å²) in [6.07, 6.45) is 4.12. The van der Waals surface area contributed by atoms with E-state index >= 15 is 0 Å². The second-order valence-corrected chi connectivity index (χ2v) is 2.51. The highest BCUT2D eigenvalue weighted by Crippen LogP contribution is 2.15. The van der Waals surface area contributed by atoms with Crippen LogP contribution < -0.4 is 0 Å². The third kappa shape index (κ3) is 3.28. The van der Waals surface area contributed by atoms with E-state index in [1.807, 2.05) is 0 Å². The highest BCUT2D eigenvalue weighted by atomic mass is 19.1. The fraction of sp³-hybridized carbons (Fsp3) is 0.300. The van der Waals surface area contributed by atoms with Gasteiger partial charge in [0.05, 0.1) is 0 Å². The highest BCUT2D eigenvalue weighted by Gasteiger charge is 2.17. The third-order valence-electron chi connectivity index (χ3n) is 1.54. The van der Waals surface area contributed by atoms with E-state index in [4.69, 9.17) is 0 Å². The molecule has 0 aliphatic carbocycles. The zero-order valence-corrected chi connectivity index (χ0v) is 7.05. The predicted octanol–water partition coefficient (Wildman–Crippen LogP) is 2.81. The average molecular weight is 168 g/mol. The molecule has 0 spiro atoms. The maximum atomic E-state index is 12.4. The molecular formula is C10H13FO. The first-order valence-electron chi connectivity index (χ1n) is 3.73. The van der Waals surface area contributed by atoms with Crippen molar-refractivity contribution in [1.82, 2.24) is 0 Å². The van der Waals surface area contributed by atoms with E-state index in [-0.39, 0.29) is 5.92 Å². The molecule has 12 heavy (non-hydrogen) atoms. The van der Waals surface area contributed by atoms with Crippen molar-refractivity contribution in [3.63, 3.8) is 0 Å². The molecule has 0 aromatic heterocycles. The second kappa shape index (κ2) is 5.47. The van der Waals surface area contributed by atoms with E-state index in [1.54, 1.807) is 12.2 Å². The highest BCUT2D eigenvalue weighted by molar-refractivity contribution is 5.94. The zero-order chi connectivity index (χ0) is 9.56. The first-order valence-corrected chi connectivity index (χ1v) is 3.73. The molecule has 0 unspecified atom stereocenters. The smallest absolute Gasteiger partial charge is 0.194 e. The Labute approximate surface area is 72.3 Å². The van der Waals surface area contributed by atoms with Gasteiger partial charge in [0.1, 0.15) is 0 Å². The van der Waals surface area contributed by atoms with Gasteiger partial charge in [-0.2, -0.15) is 0 Å². The summed E-state index contributed by atoms with van der Waals surface area (Å²) in [4.78, 5) is 11.1. The summed E-state index contributed by atoms with van der Waals surface area (Å²) >= 11 is 0. The van der Waals surface area contributed by atoms with Gasteiger partial charge in [-0.3, -0.25) is 4.79 Å². The third-order valence-corrected chi connectivity index (χ3v) is 1.54. The normalized spacial score (nSPS) is 9.50. The molecule has 0 aliphatic heterocycles. The lowest BCUT2D eigenvalue weighted by Gasteiger charge is -2.08. The Morgan fingerprint density at radius 3 is 2.00 bits per heavy atom. The van der Waals surface area contributed by atoms with Gasteiger partial charge in [-0.05, 0) is 12.8 Å². The molecule has 0 bridgehead atoms. The summed E-state index contributed by atoms with van der Waals surface area (Å²) in [7, 11) is 0. The molecule has 0 aliphatic rings. The molecule has 0 fully saturated rings. The molecule has 1 nitrogen and oxygen atoms in total. The molecule has 66 valence electrons. The largest absolute Gasteiger partial charge is 0.291 e. The Hall–Kier alpha value is -1.18. The predicted molar refractivity (Wildman–Crippen MR) is 48.4 cm³/mol. The molecule has 0 N–H and O–H groups in total. The molecule has 0 aromatic carbocycles. The molecule has 0 rings (SSSR count). The van der Waals surface area contributed by atoms with Crippen LogP contribution in [0, 0.1) is 5.92 Å². The molecular weight excluding hydrogens is 155 g/mol. The Morgan fingerprint density at radius 1 is 1.33 bits per heavy atom. The molecule has 0 atom stereocenters. The van der Waals surface area contributed by atoms with Crippen LogP contribution in [-0.2, 0) is 4.79 Å². The number of rotatable bonds is 6. The topological polar surface area (TPSA) is 17.1 Å². The first-order chi connectivity index (χ1) is 5.63. The number of Topliss-reactive ketones (excluding diaryl/α,β-unsaturated/α-hetero) is 1. The second-order valence-electron chi connectivity index (χ2n) is 2.51. The molecule has 0 saturated carbocycles. The Balaban J connectivity index is 4.26. The van der Waals surface area contributed by atoms with E-state index in [1.165, 1.54) is 0 Å². The van der Waals surface area contributed by atoms with Crippen molar-refractivity contribution in [2.45, 2.75) is 12.8 Å². The Morgan fingerprint density at radius 2 is 1.75 bits per heavy atom. The fourth-order valence-electron chi connectivity index (χ4n) is 0.934. The Kier molecular flexibility index (Phi) is 4.93. The lowest BCUT2D eigenvalue weighted by molar-refractivity contribution is -0.120. The van der Waals surface area contributed by atoms with Crippen molar-refractivity contribution >= 4 is 5.78 Å². The zero-order valence-electron chi connectivity index (χ0n) is 7.05. The van der Waals surface area contributed by atoms with Gasteiger partial charge in [0.25, 0.3) is 0 Å². The van der Waals surface area contributed by atoms with Crippen LogP contribution in [-0.4, -0.2) is 5.78 Å². The minimum atomic E-state index is -0.885. The van der Waals surface area contributed by atoms with Crippen molar-refractivity contribution in [3.8, 4) is 0 Å². The number of hydrogen-bond donors (Lipinski definition) is 0. The summed E-state index contributed by atoms with van der Waals surface area (Å²) in [5, 5.41) is 0. The average Bonchev–Trinajstić information content (AvgIpc) is 2.03. The Bertz CT molecular complexity index is 196. The van der Waals surface area contributed by atoms with Gasteiger partial charge in [-0.15, -0.1) is 13.2 Å². The van der Waals surface area contributed by atoms with E-state index in [9.17, 15) is 9.18 Å². The number of hydrogen-bond acceptors (Lipinski definition) is 1. The van der Waals surface area contributed by atoms with E-state index in [2.05, 4.69) is 19.7 Å². The standard InChI is InChI=1S/C10H13FO/c1-4-6-9(7-5-2)10(12)8(3)11/h4-5,9H,1-3,6-7H2. The van der Waals surface area contributed by atoms with Crippen LogP contribution in [0.15, 0.2) is 37.7 Å². The van der Waals surface area contributed by atoms with Gasteiger partial charge < -0.3 is 0 Å². The monoisotopic (exact) mass is 168 g/mol. The minimum Gasteiger partial charge on any atom is -0.291 e. The van der Waals surface area contributed by atoms with Crippen LogP contribution in [0.1, 0.15) is 12.8 Å². The summed E-state index contributed by atoms with van der Waals surface area (Å²) in [6, 6.07) is 0. The number of halogens is 1. The molecule has 0 saturated heterocycles. The molecule has 0 heterocycles. The summed E-state index contributed by atoms with van der Waals surface area (Å²) in [5.74, 6) is -1.81. The minimum absolute atomic E-state index is 0.377. The van der Waals surface area contributed by atoms with Crippen molar-refractivity contribution in [3.05, 3.63) is 37.7 Å². The van der Waals surface area contributed by atoms with Crippen LogP contribution in [0.4, 0.5) is 4.39 Å². The van der Waals surface area contributed by atoms with Crippen molar-refractivity contribution < 1.29 is 9.18 Å². The van der Waals surface area contributed by atoms with Crippen molar-refractivity contribution in [1.29, 1.82) is 0 Å². The van der Waals surface area contributed by atoms with E-state index in [0.29, 0.717) is 12.8 Å². The van der Waals surface area contributed by atoms with Gasteiger partial charge in [-0.25, -0.2) is 4.39 Å². The molecule has 0 aromatic rings. The van der Waals surface area contributed by atoms with E-state index in [0.717, 1.165) is 0 Å². The van der Waals surface area contributed by atoms with Crippen LogP contribution in [0.2, 0.25) is 0 Å². The van der Waals surface area contributed by atoms with Crippen molar-refractivity contribution in [2.75, 3.05) is 0 Å². The number of allylic oxidation sites excluding steroid dienone is 3. The molecule has 0 amide bonds. The van der Waals surface area contributed by atoms with Crippen LogP contribution in [0.3, 0.4) is 0 Å². The maximum Gasteiger partial charge on any atom is 0.194 e. The quantitative estimate of drug-likeness (QED) is 0.440. The lowest BCUT2D eigenvalue weighted by Crippen LogP contribution is -2.12. The van der Waals surface area contributed by atoms with Crippen molar-refractivity contribution in [2.24, 2.45) is 5.92 Å². The number of ketones is 1. The van der Waals surface area contributed by atoms with Gasteiger partial charge >= 0.3 is 0 Å². The fourth-order valence-corrected chi connectivity index (χ4v) is 0.934. The number of carbonyl (C=O) groups is 1. The van der Waals surface area contributed by atoms with E-state index < -0.39 is 11.6 Å². The first kappa shape index (κ1) is 10.8. The summed E-state index contributed by atoms with van der Waals surface area (Å²) < 4.78 is 12.4. The lowest BCUT2D eigenvalue weighted by atomic mass is 9.96. The van der Waals surface area contributed by atoms with Crippen LogP contribution in [0.5, 0.6) is 0 Å². The van der Waals surface area contributed by atoms with Gasteiger partial charge in [-0.1, -0.05) is 18.7 Å². The molecule has 2 heteroatoms. The number of carbonyl (C=O) groups excluding carboxylic acids is 1.